The first-order chi connectivity index (χ1) is 25.8. The largest absolute Gasteiger partial charge is 0.459 e. The maximum absolute atomic E-state index is 6.31. The van der Waals surface area contributed by atoms with Crippen LogP contribution in [0, 0.1) is 0 Å². The van der Waals surface area contributed by atoms with Crippen LogP contribution in [0.1, 0.15) is 34.2 Å². The Morgan fingerprint density at radius 3 is 2.15 bits per heavy atom. The van der Waals surface area contributed by atoms with E-state index in [-0.39, 0.29) is 6.17 Å². The maximum Gasteiger partial charge on any atom is 0.160 e. The Kier molecular flexibility index (Phi) is 6.28. The van der Waals surface area contributed by atoms with E-state index >= 15 is 0 Å². The Morgan fingerprint density at radius 2 is 1.25 bits per heavy atom. The summed E-state index contributed by atoms with van der Waals surface area (Å²) in [5.74, 6) is 2.38. The number of para-hydroxylation sites is 1. The van der Waals surface area contributed by atoms with Gasteiger partial charge in [0.1, 0.15) is 34.5 Å². The Morgan fingerprint density at radius 1 is 0.558 bits per heavy atom. The lowest BCUT2D eigenvalue weighted by molar-refractivity contribution is 0.532. The van der Waals surface area contributed by atoms with Crippen LogP contribution in [0.25, 0.3) is 71.7 Å². The molecule has 52 heavy (non-hydrogen) atoms. The van der Waals surface area contributed by atoms with Crippen molar-refractivity contribution < 1.29 is 8.83 Å². The third-order valence-corrected chi connectivity index (χ3v) is 10.4. The highest BCUT2D eigenvalue weighted by atomic mass is 16.3. The SMILES string of the molecule is C1=Cc2c(oc3cccc(-c4cccc5c(C6=NC(c7cccc8oc9ccccc9c78)=NC(c7ccc8ccccc8c7)N6)cccc45)c23)CN1. The molecule has 4 heterocycles. The van der Waals surface area contributed by atoms with Crippen LogP contribution in [0.15, 0.2) is 165 Å². The van der Waals surface area contributed by atoms with Crippen LogP contribution in [0.5, 0.6) is 0 Å². The minimum Gasteiger partial charge on any atom is -0.459 e. The van der Waals surface area contributed by atoms with Crippen LogP contribution >= 0.6 is 0 Å². The molecule has 0 aliphatic carbocycles. The van der Waals surface area contributed by atoms with Gasteiger partial charge in [-0.25, -0.2) is 9.98 Å². The smallest absolute Gasteiger partial charge is 0.160 e. The van der Waals surface area contributed by atoms with Gasteiger partial charge in [-0.2, -0.15) is 0 Å². The van der Waals surface area contributed by atoms with Crippen molar-refractivity contribution in [1.29, 1.82) is 0 Å². The summed E-state index contributed by atoms with van der Waals surface area (Å²) in [4.78, 5) is 10.6. The van der Waals surface area contributed by atoms with E-state index in [1.807, 2.05) is 36.5 Å². The molecule has 6 heteroatoms. The number of rotatable bonds is 4. The number of nitrogens with zero attached hydrogens (tertiary/aromatic N) is 2. The molecule has 1 atom stereocenters. The third-order valence-electron chi connectivity index (χ3n) is 10.4. The number of hydrogen-bond acceptors (Lipinski definition) is 6. The van der Waals surface area contributed by atoms with E-state index in [4.69, 9.17) is 18.8 Å². The van der Waals surface area contributed by atoms with Crippen LogP contribution in [-0.2, 0) is 6.54 Å². The van der Waals surface area contributed by atoms with Crippen LogP contribution in [-0.4, -0.2) is 11.7 Å². The predicted molar refractivity (Wildman–Crippen MR) is 212 cm³/mol. The molecule has 2 aromatic heterocycles. The minimum absolute atomic E-state index is 0.370. The molecule has 0 radical (unpaired) electrons. The summed E-state index contributed by atoms with van der Waals surface area (Å²) < 4.78 is 12.6. The number of hydrogen-bond donors (Lipinski definition) is 2. The summed E-state index contributed by atoms with van der Waals surface area (Å²) in [6.45, 7) is 0.676. The molecule has 2 N–H and O–H groups in total. The molecule has 2 aliphatic rings. The van der Waals surface area contributed by atoms with Crippen molar-refractivity contribution in [1.82, 2.24) is 10.6 Å². The van der Waals surface area contributed by atoms with E-state index < -0.39 is 0 Å². The van der Waals surface area contributed by atoms with Crippen molar-refractivity contribution in [2.45, 2.75) is 12.7 Å². The molecule has 0 bridgehead atoms. The van der Waals surface area contributed by atoms with Gasteiger partial charge in [-0.1, -0.05) is 115 Å². The molecule has 246 valence electrons. The second-order valence-corrected chi connectivity index (χ2v) is 13.4. The first kappa shape index (κ1) is 28.9. The fourth-order valence-corrected chi connectivity index (χ4v) is 8.01. The molecular weight excluding hydrogens is 641 g/mol. The Balaban J connectivity index is 1.12. The van der Waals surface area contributed by atoms with Crippen molar-refractivity contribution in [2.75, 3.05) is 0 Å². The van der Waals surface area contributed by atoms with Crippen molar-refractivity contribution in [3.05, 3.63) is 174 Å². The topological polar surface area (TPSA) is 75.1 Å². The second kappa shape index (κ2) is 11.3. The molecule has 7 aromatic carbocycles. The molecule has 1 unspecified atom stereocenters. The predicted octanol–water partition coefficient (Wildman–Crippen LogP) is 10.9. The lowest BCUT2D eigenvalue weighted by Gasteiger charge is -2.25. The molecule has 0 saturated carbocycles. The zero-order valence-corrected chi connectivity index (χ0v) is 27.9. The highest BCUT2D eigenvalue weighted by Gasteiger charge is 2.25. The Hall–Kier alpha value is -6.92. The van der Waals surface area contributed by atoms with Crippen LogP contribution < -0.4 is 10.6 Å². The Bertz CT molecular complexity index is 3020. The monoisotopic (exact) mass is 670 g/mol. The molecule has 2 aliphatic heterocycles. The van der Waals surface area contributed by atoms with Gasteiger partial charge in [-0.3, -0.25) is 0 Å². The number of fused-ring (bicyclic) bond motifs is 8. The summed E-state index contributed by atoms with van der Waals surface area (Å²) in [6.07, 6.45) is 3.74. The fraction of sp³-hybridized carbons (Fsp3) is 0.0435. The molecule has 0 saturated heterocycles. The zero-order chi connectivity index (χ0) is 34.2. The van der Waals surface area contributed by atoms with E-state index in [9.17, 15) is 0 Å². The Labute approximate surface area is 298 Å². The second-order valence-electron chi connectivity index (χ2n) is 13.4. The standard InChI is InChI=1S/C46H30N4O2/c1-2-10-28-25-29(22-21-27(28)9-1)44-48-45(50-46(49-44)37-17-8-20-40-43(37)35-11-3-4-18-38(35)51-40)34-16-6-12-30-31(13-5-14-32(30)34)33-15-7-19-39-42(33)36-23-24-47-26-41(36)52-39/h1-25,44,47H,26H2,(H,48,49,50). The summed E-state index contributed by atoms with van der Waals surface area (Å²) in [5.41, 5.74) is 8.98. The average Bonchev–Trinajstić information content (AvgIpc) is 3.79. The molecule has 9 aromatic rings. The van der Waals surface area contributed by atoms with Gasteiger partial charge in [0, 0.05) is 32.8 Å². The lowest BCUT2D eigenvalue weighted by atomic mass is 9.92. The fourth-order valence-electron chi connectivity index (χ4n) is 8.01. The number of aliphatic imine (C=N–C) groups is 2. The van der Waals surface area contributed by atoms with Crippen LogP contribution in [0.3, 0.4) is 0 Å². The van der Waals surface area contributed by atoms with Gasteiger partial charge in [0.2, 0.25) is 0 Å². The van der Waals surface area contributed by atoms with Gasteiger partial charge in [-0.15, -0.1) is 0 Å². The molecular formula is C46H30N4O2. The molecule has 0 amide bonds. The van der Waals surface area contributed by atoms with Crippen LogP contribution in [0.4, 0.5) is 0 Å². The number of amidine groups is 2. The van der Waals surface area contributed by atoms with E-state index in [0.717, 1.165) is 88.7 Å². The highest BCUT2D eigenvalue weighted by molar-refractivity contribution is 6.24. The minimum atomic E-state index is -0.370. The molecule has 11 rings (SSSR count). The van der Waals surface area contributed by atoms with E-state index in [1.54, 1.807) is 0 Å². The normalized spacial score (nSPS) is 15.5. The van der Waals surface area contributed by atoms with E-state index in [1.165, 1.54) is 10.8 Å². The summed E-state index contributed by atoms with van der Waals surface area (Å²) in [6, 6.07) is 48.6. The van der Waals surface area contributed by atoms with Crippen molar-refractivity contribution in [2.24, 2.45) is 9.98 Å². The summed E-state index contributed by atoms with van der Waals surface area (Å²) in [7, 11) is 0. The first-order valence-electron chi connectivity index (χ1n) is 17.6. The maximum atomic E-state index is 6.31. The van der Waals surface area contributed by atoms with E-state index in [0.29, 0.717) is 12.4 Å². The highest BCUT2D eigenvalue weighted by Crippen LogP contribution is 2.40. The first-order valence-corrected chi connectivity index (χ1v) is 17.6. The van der Waals surface area contributed by atoms with Crippen molar-refractivity contribution in [3.8, 4) is 11.1 Å². The average molecular weight is 671 g/mol. The number of benzene rings is 7. The van der Waals surface area contributed by atoms with Crippen molar-refractivity contribution >= 4 is 72.2 Å². The van der Waals surface area contributed by atoms with Gasteiger partial charge in [0.15, 0.2) is 5.84 Å². The van der Waals surface area contributed by atoms with Crippen molar-refractivity contribution in [3.63, 3.8) is 0 Å². The third kappa shape index (κ3) is 4.44. The number of furan rings is 2. The van der Waals surface area contributed by atoms with Gasteiger partial charge >= 0.3 is 0 Å². The van der Waals surface area contributed by atoms with Crippen LogP contribution in [0.2, 0.25) is 0 Å². The van der Waals surface area contributed by atoms with Gasteiger partial charge in [0.05, 0.1) is 6.54 Å². The summed E-state index contributed by atoms with van der Waals surface area (Å²) >= 11 is 0. The number of nitrogens with one attached hydrogen (secondary N) is 2. The van der Waals surface area contributed by atoms with E-state index in [2.05, 4.69) is 126 Å². The molecule has 0 spiro atoms. The zero-order valence-electron chi connectivity index (χ0n) is 27.9. The summed E-state index contributed by atoms with van der Waals surface area (Å²) in [5, 5.41) is 14.8. The van der Waals surface area contributed by atoms with Gasteiger partial charge < -0.3 is 19.5 Å². The van der Waals surface area contributed by atoms with Gasteiger partial charge in [-0.05, 0) is 74.8 Å². The molecule has 6 nitrogen and oxygen atoms in total. The van der Waals surface area contributed by atoms with Gasteiger partial charge in [0.25, 0.3) is 0 Å². The molecule has 0 fully saturated rings. The lowest BCUT2D eigenvalue weighted by Crippen LogP contribution is -2.33. The quantitative estimate of drug-likeness (QED) is 0.195.